The fourth-order valence-corrected chi connectivity index (χ4v) is 2.87. The Morgan fingerprint density at radius 1 is 1.05 bits per heavy atom. The van der Waals surface area contributed by atoms with Crippen LogP contribution in [0.1, 0.15) is 25.7 Å². The van der Waals surface area contributed by atoms with Gasteiger partial charge in [0.15, 0.2) is 0 Å². The number of anilines is 1. The van der Waals surface area contributed by atoms with E-state index in [1.807, 2.05) is 24.4 Å². The van der Waals surface area contributed by atoms with Crippen molar-refractivity contribution in [2.75, 3.05) is 12.4 Å². The van der Waals surface area contributed by atoms with Gasteiger partial charge in [-0.1, -0.05) is 18.2 Å². The van der Waals surface area contributed by atoms with E-state index in [4.69, 9.17) is 0 Å². The van der Waals surface area contributed by atoms with Gasteiger partial charge in [0.2, 0.25) is 0 Å². The summed E-state index contributed by atoms with van der Waals surface area (Å²) < 4.78 is 0. The van der Waals surface area contributed by atoms with Crippen molar-refractivity contribution in [3.63, 3.8) is 0 Å². The Bertz CT molecular complexity index is 541. The summed E-state index contributed by atoms with van der Waals surface area (Å²) in [5, 5.41) is 16.4. The molecule has 1 fully saturated rings. The van der Waals surface area contributed by atoms with E-state index in [2.05, 4.69) is 33.9 Å². The molecule has 1 aromatic carbocycles. The van der Waals surface area contributed by atoms with Gasteiger partial charge in [0.25, 0.3) is 0 Å². The summed E-state index contributed by atoms with van der Waals surface area (Å²) in [7, 11) is 2.05. The van der Waals surface area contributed by atoms with Gasteiger partial charge in [-0.25, -0.2) is 0 Å². The molecule has 1 aromatic heterocycles. The Morgan fingerprint density at radius 2 is 1.79 bits per heavy atom. The maximum absolute atomic E-state index is 4.16. The molecule has 0 unspecified atom stereocenters. The highest BCUT2D eigenvalue weighted by Gasteiger charge is 2.20. The minimum Gasteiger partial charge on any atom is -0.380 e. The van der Waals surface area contributed by atoms with E-state index in [0.717, 1.165) is 16.6 Å². The minimum absolute atomic E-state index is 0.553. The standard InChI is InChI=1S/C15H20N4/c1-16-11-6-8-12(9-7-11)18-15-10-17-19-14-5-3-2-4-13(14)15/h2-5,10-12,16H,6-9H2,1H3,(H,18,19). The van der Waals surface area contributed by atoms with Crippen molar-refractivity contribution in [1.29, 1.82) is 0 Å². The van der Waals surface area contributed by atoms with Crippen molar-refractivity contribution in [1.82, 2.24) is 15.5 Å². The number of benzene rings is 1. The third-order valence-corrected chi connectivity index (χ3v) is 4.04. The lowest BCUT2D eigenvalue weighted by molar-refractivity contribution is 0.371. The molecular weight excluding hydrogens is 236 g/mol. The number of nitrogens with one attached hydrogen (secondary N) is 2. The fourth-order valence-electron chi connectivity index (χ4n) is 2.87. The van der Waals surface area contributed by atoms with E-state index in [9.17, 15) is 0 Å². The second kappa shape index (κ2) is 5.53. The summed E-state index contributed by atoms with van der Waals surface area (Å²) in [6.07, 6.45) is 6.74. The Hall–Kier alpha value is -1.68. The molecule has 100 valence electrons. The van der Waals surface area contributed by atoms with Crippen molar-refractivity contribution in [2.24, 2.45) is 0 Å². The number of fused-ring (bicyclic) bond motifs is 1. The third-order valence-electron chi connectivity index (χ3n) is 4.04. The van der Waals surface area contributed by atoms with E-state index in [1.54, 1.807) is 0 Å². The molecule has 0 radical (unpaired) electrons. The molecule has 1 saturated carbocycles. The molecule has 2 aromatic rings. The second-order valence-corrected chi connectivity index (χ2v) is 5.26. The molecule has 0 saturated heterocycles. The number of aromatic nitrogens is 2. The summed E-state index contributed by atoms with van der Waals surface area (Å²) in [6, 6.07) is 9.39. The van der Waals surface area contributed by atoms with Crippen LogP contribution in [-0.2, 0) is 0 Å². The zero-order valence-corrected chi connectivity index (χ0v) is 11.3. The van der Waals surface area contributed by atoms with E-state index in [1.165, 1.54) is 25.7 Å². The molecule has 1 aliphatic carbocycles. The Morgan fingerprint density at radius 3 is 2.58 bits per heavy atom. The first-order valence-electron chi connectivity index (χ1n) is 7.01. The van der Waals surface area contributed by atoms with Crippen LogP contribution in [0.15, 0.2) is 30.5 Å². The van der Waals surface area contributed by atoms with Crippen LogP contribution in [0.25, 0.3) is 10.9 Å². The van der Waals surface area contributed by atoms with Crippen molar-refractivity contribution in [3.8, 4) is 0 Å². The highest BCUT2D eigenvalue weighted by atomic mass is 15.1. The van der Waals surface area contributed by atoms with Crippen LogP contribution in [0.4, 0.5) is 5.69 Å². The normalized spacial score (nSPS) is 23.4. The quantitative estimate of drug-likeness (QED) is 0.886. The summed E-state index contributed by atoms with van der Waals surface area (Å²) in [5.41, 5.74) is 2.06. The number of hydrogen-bond donors (Lipinski definition) is 2. The van der Waals surface area contributed by atoms with Crippen LogP contribution in [0.2, 0.25) is 0 Å². The van der Waals surface area contributed by atoms with Crippen molar-refractivity contribution in [2.45, 2.75) is 37.8 Å². The SMILES string of the molecule is CNC1CCC(Nc2cnnc3ccccc23)CC1. The lowest BCUT2D eigenvalue weighted by atomic mass is 9.91. The maximum Gasteiger partial charge on any atom is 0.0950 e. The van der Waals surface area contributed by atoms with Gasteiger partial charge in [-0.2, -0.15) is 10.2 Å². The summed E-state index contributed by atoms with van der Waals surface area (Å²) in [6.45, 7) is 0. The van der Waals surface area contributed by atoms with Crippen LogP contribution in [0, 0.1) is 0 Å². The second-order valence-electron chi connectivity index (χ2n) is 5.26. The first-order chi connectivity index (χ1) is 9.36. The molecule has 0 atom stereocenters. The van der Waals surface area contributed by atoms with Gasteiger partial charge in [0, 0.05) is 17.5 Å². The molecule has 1 heterocycles. The lowest BCUT2D eigenvalue weighted by Crippen LogP contribution is -2.35. The fraction of sp³-hybridized carbons (Fsp3) is 0.467. The Balaban J connectivity index is 1.75. The van der Waals surface area contributed by atoms with Gasteiger partial charge in [0.1, 0.15) is 0 Å². The first-order valence-corrected chi connectivity index (χ1v) is 7.01. The Labute approximate surface area is 113 Å². The largest absolute Gasteiger partial charge is 0.380 e. The molecule has 2 N–H and O–H groups in total. The zero-order chi connectivity index (χ0) is 13.1. The molecule has 3 rings (SSSR count). The monoisotopic (exact) mass is 256 g/mol. The van der Waals surface area contributed by atoms with Crippen LogP contribution in [0.5, 0.6) is 0 Å². The minimum atomic E-state index is 0.553. The summed E-state index contributed by atoms with van der Waals surface area (Å²) >= 11 is 0. The molecule has 4 nitrogen and oxygen atoms in total. The van der Waals surface area contributed by atoms with Gasteiger partial charge in [0.05, 0.1) is 17.4 Å². The first kappa shape index (κ1) is 12.4. The zero-order valence-electron chi connectivity index (χ0n) is 11.3. The average molecular weight is 256 g/mol. The molecule has 0 bridgehead atoms. The molecule has 19 heavy (non-hydrogen) atoms. The molecule has 0 amide bonds. The molecule has 0 spiro atoms. The molecule has 4 heteroatoms. The average Bonchev–Trinajstić information content (AvgIpc) is 2.48. The van der Waals surface area contributed by atoms with Crippen LogP contribution in [0.3, 0.4) is 0 Å². The highest BCUT2D eigenvalue weighted by molar-refractivity contribution is 5.90. The predicted molar refractivity (Wildman–Crippen MR) is 78.3 cm³/mol. The van der Waals surface area contributed by atoms with Crippen LogP contribution >= 0.6 is 0 Å². The predicted octanol–water partition coefficient (Wildman–Crippen LogP) is 2.57. The van der Waals surface area contributed by atoms with Crippen molar-refractivity contribution in [3.05, 3.63) is 30.5 Å². The molecular formula is C15H20N4. The van der Waals surface area contributed by atoms with Crippen molar-refractivity contribution < 1.29 is 0 Å². The van der Waals surface area contributed by atoms with E-state index in [-0.39, 0.29) is 0 Å². The van der Waals surface area contributed by atoms with E-state index < -0.39 is 0 Å². The molecule has 1 aliphatic rings. The summed E-state index contributed by atoms with van der Waals surface area (Å²) in [4.78, 5) is 0. The Kier molecular flexibility index (Phi) is 3.60. The van der Waals surface area contributed by atoms with Crippen molar-refractivity contribution >= 4 is 16.6 Å². The lowest BCUT2D eigenvalue weighted by Gasteiger charge is -2.29. The number of nitrogens with zero attached hydrogens (tertiary/aromatic N) is 2. The number of hydrogen-bond acceptors (Lipinski definition) is 4. The molecule has 0 aliphatic heterocycles. The topological polar surface area (TPSA) is 49.8 Å². The van der Waals surface area contributed by atoms with Crippen LogP contribution < -0.4 is 10.6 Å². The smallest absolute Gasteiger partial charge is 0.0950 e. The van der Waals surface area contributed by atoms with Gasteiger partial charge in [-0.15, -0.1) is 0 Å². The van der Waals surface area contributed by atoms with Gasteiger partial charge in [-0.05, 0) is 38.8 Å². The van der Waals surface area contributed by atoms with Gasteiger partial charge in [-0.3, -0.25) is 0 Å². The number of rotatable bonds is 3. The van der Waals surface area contributed by atoms with Crippen LogP contribution in [-0.4, -0.2) is 29.3 Å². The summed E-state index contributed by atoms with van der Waals surface area (Å²) in [5.74, 6) is 0. The van der Waals surface area contributed by atoms with E-state index >= 15 is 0 Å². The van der Waals surface area contributed by atoms with E-state index in [0.29, 0.717) is 12.1 Å². The third kappa shape index (κ3) is 2.68. The maximum atomic E-state index is 4.16. The highest BCUT2D eigenvalue weighted by Crippen LogP contribution is 2.25. The van der Waals surface area contributed by atoms with Gasteiger partial charge >= 0.3 is 0 Å². The van der Waals surface area contributed by atoms with Gasteiger partial charge < -0.3 is 10.6 Å².